The molecule has 2 rings (SSSR count). The maximum absolute atomic E-state index is 9.22. The summed E-state index contributed by atoms with van der Waals surface area (Å²) >= 11 is 0. The Hall–Kier alpha value is -1.16. The lowest BCUT2D eigenvalue weighted by atomic mass is 10.2. The summed E-state index contributed by atoms with van der Waals surface area (Å²) in [6.07, 6.45) is 0. The van der Waals surface area contributed by atoms with Crippen LogP contribution in [0.4, 0.5) is 0 Å². The number of rotatable bonds is 0. The molecule has 4 heteroatoms. The summed E-state index contributed by atoms with van der Waals surface area (Å²) in [6, 6.07) is 7.16. The molecular weight excluding hydrogens is 222 g/mol. The summed E-state index contributed by atoms with van der Waals surface area (Å²) < 4.78 is 0. The van der Waals surface area contributed by atoms with E-state index in [1.54, 1.807) is 18.2 Å². The second-order valence-electron chi connectivity index (χ2n) is 2.37. The molecule has 0 atom stereocenters. The minimum absolute atomic E-state index is 0. The Kier molecular flexibility index (Phi) is 2.28. The third-order valence-corrected chi connectivity index (χ3v) is 1.66. The van der Waals surface area contributed by atoms with Crippen LogP contribution in [-0.2, 0) is 0 Å². The molecule has 3 nitrogen and oxygen atoms in total. The Labute approximate surface area is 79.4 Å². The number of para-hydroxylation sites is 1. The van der Waals surface area contributed by atoms with Crippen molar-refractivity contribution < 1.29 is 10.2 Å². The molecule has 0 amide bonds. The lowest BCUT2D eigenvalue weighted by Gasteiger charge is -1.86. The number of hydrogen-bond acceptors (Lipinski definition) is 2. The molecule has 0 aliphatic heterocycles. The van der Waals surface area contributed by atoms with Gasteiger partial charge in [0.05, 0.1) is 5.52 Å². The monoisotopic (exact) mass is 229 g/mol. The summed E-state index contributed by atoms with van der Waals surface area (Å²) in [7, 11) is 0. The van der Waals surface area contributed by atoms with Gasteiger partial charge < -0.3 is 15.2 Å². The van der Waals surface area contributed by atoms with E-state index in [0.717, 1.165) is 5.52 Å². The van der Waals surface area contributed by atoms with Gasteiger partial charge in [-0.3, -0.25) is 0 Å². The number of nitrogens with one attached hydrogen (secondary N) is 1. The average Bonchev–Trinajstić information content (AvgIpc) is 2.30. The van der Waals surface area contributed by atoms with Crippen LogP contribution in [-0.4, -0.2) is 15.2 Å². The molecule has 0 spiro atoms. The standard InChI is InChI=1S/C8H7NO2.BrH/c10-7-5-3-1-2-4-6(5)9-8(7)11;/h1-4,9-11H;1H. The molecule has 0 bridgehead atoms. The maximum atomic E-state index is 9.22. The van der Waals surface area contributed by atoms with Crippen molar-refractivity contribution >= 4 is 27.9 Å². The van der Waals surface area contributed by atoms with E-state index in [-0.39, 0.29) is 28.6 Å². The number of aromatic nitrogens is 1. The quantitative estimate of drug-likeness (QED) is 0.649. The van der Waals surface area contributed by atoms with E-state index < -0.39 is 0 Å². The van der Waals surface area contributed by atoms with Gasteiger partial charge in [0.1, 0.15) is 0 Å². The van der Waals surface area contributed by atoms with Crippen LogP contribution < -0.4 is 0 Å². The largest absolute Gasteiger partial charge is 0.503 e. The van der Waals surface area contributed by atoms with Gasteiger partial charge in [0.15, 0.2) is 5.75 Å². The molecule has 0 fully saturated rings. The number of aromatic hydroxyl groups is 2. The summed E-state index contributed by atoms with van der Waals surface area (Å²) in [6.45, 7) is 0. The molecule has 1 heterocycles. The number of fused-ring (bicyclic) bond motifs is 1. The molecule has 1 aromatic carbocycles. The summed E-state index contributed by atoms with van der Waals surface area (Å²) in [5.41, 5.74) is 0.738. The van der Waals surface area contributed by atoms with Crippen LogP contribution in [0, 0.1) is 0 Å². The van der Waals surface area contributed by atoms with Crippen molar-refractivity contribution in [1.82, 2.24) is 4.98 Å². The molecule has 2 aromatic rings. The fraction of sp³-hybridized carbons (Fsp3) is 0. The topological polar surface area (TPSA) is 56.2 Å². The van der Waals surface area contributed by atoms with Gasteiger partial charge in [-0.1, -0.05) is 12.1 Å². The Morgan fingerprint density at radius 1 is 1.08 bits per heavy atom. The molecular formula is C8H8BrNO2. The van der Waals surface area contributed by atoms with E-state index in [4.69, 9.17) is 5.11 Å². The normalized spacial score (nSPS) is 9.67. The van der Waals surface area contributed by atoms with Crippen LogP contribution in [0.1, 0.15) is 0 Å². The van der Waals surface area contributed by atoms with Crippen LogP contribution in [0.25, 0.3) is 10.9 Å². The molecule has 64 valence electrons. The molecule has 12 heavy (non-hydrogen) atoms. The van der Waals surface area contributed by atoms with Crippen LogP contribution in [0.5, 0.6) is 11.6 Å². The Morgan fingerprint density at radius 2 is 1.75 bits per heavy atom. The first-order chi connectivity index (χ1) is 5.29. The second kappa shape index (κ2) is 3.06. The zero-order chi connectivity index (χ0) is 7.84. The van der Waals surface area contributed by atoms with Gasteiger partial charge in [-0.2, -0.15) is 0 Å². The minimum atomic E-state index is -0.175. The fourth-order valence-electron chi connectivity index (χ4n) is 1.11. The molecule has 0 aliphatic rings. The smallest absolute Gasteiger partial charge is 0.233 e. The number of benzene rings is 1. The SMILES string of the molecule is Br.Oc1[nH]c2ccccc2c1O. The van der Waals surface area contributed by atoms with Crippen molar-refractivity contribution in [2.24, 2.45) is 0 Å². The first-order valence-corrected chi connectivity index (χ1v) is 3.27. The van der Waals surface area contributed by atoms with Crippen LogP contribution in [0.3, 0.4) is 0 Å². The van der Waals surface area contributed by atoms with Gasteiger partial charge in [0, 0.05) is 5.39 Å². The summed E-state index contributed by atoms with van der Waals surface area (Å²) in [4.78, 5) is 2.63. The molecule has 0 unspecified atom stereocenters. The Balaban J connectivity index is 0.000000720. The van der Waals surface area contributed by atoms with Crippen LogP contribution in [0.15, 0.2) is 24.3 Å². The lowest BCUT2D eigenvalue weighted by Crippen LogP contribution is -1.63. The van der Waals surface area contributed by atoms with Gasteiger partial charge in [0.2, 0.25) is 5.88 Å². The van der Waals surface area contributed by atoms with E-state index in [0.29, 0.717) is 5.39 Å². The van der Waals surface area contributed by atoms with Crippen molar-refractivity contribution in [2.45, 2.75) is 0 Å². The first kappa shape index (κ1) is 8.93. The Bertz CT molecular complexity index is 397. The van der Waals surface area contributed by atoms with Crippen LogP contribution in [0.2, 0.25) is 0 Å². The van der Waals surface area contributed by atoms with Crippen molar-refractivity contribution in [3.8, 4) is 11.6 Å². The maximum Gasteiger partial charge on any atom is 0.233 e. The van der Waals surface area contributed by atoms with Crippen molar-refractivity contribution in [3.63, 3.8) is 0 Å². The number of H-pyrrole nitrogens is 1. The molecule has 0 radical (unpaired) electrons. The summed E-state index contributed by atoms with van der Waals surface area (Å²) in [5, 5.41) is 18.9. The predicted molar refractivity (Wildman–Crippen MR) is 52.0 cm³/mol. The fourth-order valence-corrected chi connectivity index (χ4v) is 1.11. The lowest BCUT2D eigenvalue weighted by molar-refractivity contribution is 0.398. The minimum Gasteiger partial charge on any atom is -0.503 e. The third kappa shape index (κ3) is 1.14. The zero-order valence-electron chi connectivity index (χ0n) is 6.11. The predicted octanol–water partition coefficient (Wildman–Crippen LogP) is 2.16. The van der Waals surface area contributed by atoms with E-state index in [1.807, 2.05) is 6.07 Å². The van der Waals surface area contributed by atoms with Gasteiger partial charge in [-0.15, -0.1) is 17.0 Å². The van der Waals surface area contributed by atoms with E-state index in [9.17, 15) is 5.11 Å². The van der Waals surface area contributed by atoms with E-state index in [1.165, 1.54) is 0 Å². The second-order valence-corrected chi connectivity index (χ2v) is 2.37. The van der Waals surface area contributed by atoms with Gasteiger partial charge in [-0.05, 0) is 12.1 Å². The molecule has 3 N–H and O–H groups in total. The molecule has 0 saturated carbocycles. The highest BCUT2D eigenvalue weighted by atomic mass is 79.9. The molecule has 0 saturated heterocycles. The molecule has 1 aromatic heterocycles. The Morgan fingerprint density at radius 3 is 2.42 bits per heavy atom. The van der Waals surface area contributed by atoms with E-state index >= 15 is 0 Å². The summed E-state index contributed by atoms with van der Waals surface area (Å²) in [5.74, 6) is -0.258. The van der Waals surface area contributed by atoms with Gasteiger partial charge in [-0.25, -0.2) is 0 Å². The molecule has 0 aliphatic carbocycles. The number of hydrogen-bond donors (Lipinski definition) is 3. The van der Waals surface area contributed by atoms with Crippen molar-refractivity contribution in [2.75, 3.05) is 0 Å². The highest BCUT2D eigenvalue weighted by Crippen LogP contribution is 2.32. The highest BCUT2D eigenvalue weighted by molar-refractivity contribution is 8.93. The van der Waals surface area contributed by atoms with Crippen LogP contribution >= 0.6 is 17.0 Å². The average molecular weight is 230 g/mol. The van der Waals surface area contributed by atoms with Crippen molar-refractivity contribution in [3.05, 3.63) is 24.3 Å². The highest BCUT2D eigenvalue weighted by Gasteiger charge is 2.06. The van der Waals surface area contributed by atoms with E-state index in [2.05, 4.69) is 4.98 Å². The third-order valence-electron chi connectivity index (χ3n) is 1.66. The van der Waals surface area contributed by atoms with Gasteiger partial charge in [0.25, 0.3) is 0 Å². The van der Waals surface area contributed by atoms with Crippen molar-refractivity contribution in [1.29, 1.82) is 0 Å². The van der Waals surface area contributed by atoms with Gasteiger partial charge >= 0.3 is 0 Å². The zero-order valence-corrected chi connectivity index (χ0v) is 7.83. The number of halogens is 1. The first-order valence-electron chi connectivity index (χ1n) is 3.27. The number of aromatic amines is 1.